The molecule has 1 heterocycles. The molecule has 1 rings (SSSR count). The molecular formula is C12H26N2S. The maximum atomic E-state index is 3.62. The van der Waals surface area contributed by atoms with E-state index in [-0.39, 0.29) is 0 Å². The van der Waals surface area contributed by atoms with Crippen LogP contribution in [-0.2, 0) is 0 Å². The molecule has 0 aliphatic carbocycles. The molecule has 1 fully saturated rings. The van der Waals surface area contributed by atoms with Gasteiger partial charge in [-0.2, -0.15) is 11.8 Å². The Bertz CT molecular complexity index is 182. The minimum atomic E-state index is 0.402. The molecule has 1 atom stereocenters. The van der Waals surface area contributed by atoms with Crippen molar-refractivity contribution in [2.75, 3.05) is 32.4 Å². The van der Waals surface area contributed by atoms with Crippen LogP contribution in [-0.4, -0.2) is 48.1 Å². The van der Waals surface area contributed by atoms with Crippen molar-refractivity contribution in [1.29, 1.82) is 0 Å². The molecule has 0 saturated carbocycles. The van der Waals surface area contributed by atoms with Gasteiger partial charge < -0.3 is 10.2 Å². The smallest absolute Gasteiger partial charge is 0.0227 e. The van der Waals surface area contributed by atoms with E-state index >= 15 is 0 Å². The summed E-state index contributed by atoms with van der Waals surface area (Å²) in [6.45, 7) is 11.8. The van der Waals surface area contributed by atoms with Gasteiger partial charge >= 0.3 is 0 Å². The topological polar surface area (TPSA) is 15.3 Å². The lowest BCUT2D eigenvalue weighted by Crippen LogP contribution is -2.38. The van der Waals surface area contributed by atoms with Gasteiger partial charge in [-0.1, -0.05) is 6.92 Å². The molecule has 1 aliphatic heterocycles. The van der Waals surface area contributed by atoms with Crippen molar-refractivity contribution >= 4 is 11.8 Å². The highest BCUT2D eigenvalue weighted by molar-refractivity contribution is 7.99. The SMILES string of the molecule is CCCNC1CCN(CC(C)(C)SC)C1. The number of rotatable bonds is 6. The Balaban J connectivity index is 2.24. The molecule has 0 aromatic rings. The third kappa shape index (κ3) is 4.75. The molecule has 3 heteroatoms. The summed E-state index contributed by atoms with van der Waals surface area (Å²) in [7, 11) is 0. The third-order valence-electron chi connectivity index (χ3n) is 3.11. The maximum absolute atomic E-state index is 3.62. The Hall–Kier alpha value is 0.270. The predicted molar refractivity (Wildman–Crippen MR) is 70.7 cm³/mol. The lowest BCUT2D eigenvalue weighted by atomic mass is 10.2. The van der Waals surface area contributed by atoms with Crippen LogP contribution in [0.5, 0.6) is 0 Å². The van der Waals surface area contributed by atoms with Crippen LogP contribution in [0.1, 0.15) is 33.6 Å². The summed E-state index contributed by atoms with van der Waals surface area (Å²) in [6, 6.07) is 0.739. The first-order valence-corrected chi connectivity index (χ1v) is 7.31. The van der Waals surface area contributed by atoms with Crippen molar-refractivity contribution in [2.24, 2.45) is 0 Å². The molecule has 0 aromatic carbocycles. The largest absolute Gasteiger partial charge is 0.313 e. The Morgan fingerprint density at radius 3 is 2.80 bits per heavy atom. The predicted octanol–water partition coefficient (Wildman–Crippen LogP) is 2.20. The fourth-order valence-corrected chi connectivity index (χ4v) is 2.41. The highest BCUT2D eigenvalue weighted by atomic mass is 32.2. The van der Waals surface area contributed by atoms with Gasteiger partial charge in [-0.15, -0.1) is 0 Å². The summed E-state index contributed by atoms with van der Waals surface area (Å²) < 4.78 is 0.402. The highest BCUT2D eigenvalue weighted by Gasteiger charge is 2.26. The summed E-state index contributed by atoms with van der Waals surface area (Å²) in [5, 5.41) is 3.62. The first kappa shape index (κ1) is 13.3. The number of thioether (sulfide) groups is 1. The third-order valence-corrected chi connectivity index (χ3v) is 4.35. The van der Waals surface area contributed by atoms with Gasteiger partial charge in [0.05, 0.1) is 0 Å². The quantitative estimate of drug-likeness (QED) is 0.753. The molecule has 0 spiro atoms. The van der Waals surface area contributed by atoms with Crippen molar-refractivity contribution in [3.8, 4) is 0 Å². The van der Waals surface area contributed by atoms with E-state index in [1.807, 2.05) is 11.8 Å². The van der Waals surface area contributed by atoms with E-state index in [0.717, 1.165) is 6.04 Å². The maximum Gasteiger partial charge on any atom is 0.0227 e. The van der Waals surface area contributed by atoms with Crippen molar-refractivity contribution in [3.63, 3.8) is 0 Å². The van der Waals surface area contributed by atoms with Gasteiger partial charge in [0, 0.05) is 23.9 Å². The van der Waals surface area contributed by atoms with E-state index in [0.29, 0.717) is 4.75 Å². The van der Waals surface area contributed by atoms with E-state index in [1.165, 1.54) is 39.0 Å². The second kappa shape index (κ2) is 6.12. The normalized spacial score (nSPS) is 23.6. The van der Waals surface area contributed by atoms with Crippen LogP contribution in [0.3, 0.4) is 0 Å². The van der Waals surface area contributed by atoms with Crippen LogP contribution in [0.2, 0.25) is 0 Å². The number of nitrogens with one attached hydrogen (secondary N) is 1. The molecule has 1 unspecified atom stereocenters. The zero-order valence-corrected chi connectivity index (χ0v) is 11.5. The molecule has 15 heavy (non-hydrogen) atoms. The Labute approximate surface area is 99.2 Å². The molecule has 1 saturated heterocycles. The zero-order chi connectivity index (χ0) is 11.3. The van der Waals surface area contributed by atoms with Crippen LogP contribution in [0.25, 0.3) is 0 Å². The van der Waals surface area contributed by atoms with Crippen molar-refractivity contribution < 1.29 is 0 Å². The van der Waals surface area contributed by atoms with Crippen LogP contribution in [0.4, 0.5) is 0 Å². The first-order valence-electron chi connectivity index (χ1n) is 6.08. The molecule has 0 radical (unpaired) electrons. The molecule has 0 bridgehead atoms. The van der Waals surface area contributed by atoms with E-state index in [4.69, 9.17) is 0 Å². The van der Waals surface area contributed by atoms with Gasteiger partial charge in [-0.25, -0.2) is 0 Å². The highest BCUT2D eigenvalue weighted by Crippen LogP contribution is 2.24. The zero-order valence-electron chi connectivity index (χ0n) is 10.7. The average Bonchev–Trinajstić information content (AvgIpc) is 2.62. The number of hydrogen-bond acceptors (Lipinski definition) is 3. The van der Waals surface area contributed by atoms with Crippen molar-refractivity contribution in [3.05, 3.63) is 0 Å². The fraction of sp³-hybridized carbons (Fsp3) is 1.00. The second-order valence-corrected chi connectivity index (χ2v) is 6.65. The number of nitrogens with zero attached hydrogens (tertiary/aromatic N) is 1. The van der Waals surface area contributed by atoms with Crippen molar-refractivity contribution in [1.82, 2.24) is 10.2 Å². The number of likely N-dealkylation sites (tertiary alicyclic amines) is 1. The van der Waals surface area contributed by atoms with Gasteiger partial charge in [0.1, 0.15) is 0 Å². The van der Waals surface area contributed by atoms with Crippen LogP contribution < -0.4 is 5.32 Å². The molecule has 2 nitrogen and oxygen atoms in total. The lowest BCUT2D eigenvalue weighted by molar-refractivity contribution is 0.304. The summed E-state index contributed by atoms with van der Waals surface area (Å²) in [4.78, 5) is 2.60. The average molecular weight is 230 g/mol. The first-order chi connectivity index (χ1) is 7.07. The van der Waals surface area contributed by atoms with Crippen LogP contribution in [0.15, 0.2) is 0 Å². The molecule has 1 N–H and O–H groups in total. The molecule has 0 amide bonds. The van der Waals surface area contributed by atoms with Gasteiger partial charge in [0.15, 0.2) is 0 Å². The monoisotopic (exact) mass is 230 g/mol. The summed E-state index contributed by atoms with van der Waals surface area (Å²) in [5.41, 5.74) is 0. The van der Waals surface area contributed by atoms with E-state index in [2.05, 4.69) is 37.2 Å². The summed E-state index contributed by atoms with van der Waals surface area (Å²) in [5.74, 6) is 0. The molecule has 0 aromatic heterocycles. The Morgan fingerprint density at radius 1 is 1.47 bits per heavy atom. The second-order valence-electron chi connectivity index (χ2n) is 5.14. The Kier molecular flexibility index (Phi) is 5.44. The summed E-state index contributed by atoms with van der Waals surface area (Å²) in [6.07, 6.45) is 4.78. The van der Waals surface area contributed by atoms with Gasteiger partial charge in [-0.05, 0) is 46.0 Å². The van der Waals surface area contributed by atoms with Crippen molar-refractivity contribution in [2.45, 2.75) is 44.4 Å². The minimum absolute atomic E-state index is 0.402. The van der Waals surface area contributed by atoms with E-state index in [9.17, 15) is 0 Å². The number of hydrogen-bond donors (Lipinski definition) is 1. The van der Waals surface area contributed by atoms with E-state index in [1.54, 1.807) is 0 Å². The van der Waals surface area contributed by atoms with E-state index < -0.39 is 0 Å². The van der Waals surface area contributed by atoms with Gasteiger partial charge in [-0.3, -0.25) is 0 Å². The molecule has 1 aliphatic rings. The molecule has 90 valence electrons. The fourth-order valence-electron chi connectivity index (χ4n) is 2.09. The van der Waals surface area contributed by atoms with Gasteiger partial charge in [0.2, 0.25) is 0 Å². The molecular weight excluding hydrogens is 204 g/mol. The Morgan fingerprint density at radius 2 is 2.20 bits per heavy atom. The lowest BCUT2D eigenvalue weighted by Gasteiger charge is -2.28. The van der Waals surface area contributed by atoms with Crippen LogP contribution >= 0.6 is 11.8 Å². The van der Waals surface area contributed by atoms with Crippen LogP contribution in [0, 0.1) is 0 Å². The minimum Gasteiger partial charge on any atom is -0.313 e. The van der Waals surface area contributed by atoms with Gasteiger partial charge in [0.25, 0.3) is 0 Å². The summed E-state index contributed by atoms with van der Waals surface area (Å²) >= 11 is 1.97. The standard InChI is InChI=1S/C12H26N2S/c1-5-7-13-11-6-8-14(9-11)10-12(2,3)15-4/h11,13H,5-10H2,1-4H3.